The van der Waals surface area contributed by atoms with Gasteiger partial charge in [-0.25, -0.2) is 4.98 Å². The number of aromatic nitrogens is 4. The molecule has 0 aliphatic carbocycles. The number of anilines is 1. The number of carbonyl (C=O) groups excluding carboxylic acids is 1. The minimum Gasteiger partial charge on any atom is -0.306 e. The van der Waals surface area contributed by atoms with Crippen LogP contribution in [0.25, 0.3) is 5.95 Å². The zero-order chi connectivity index (χ0) is 23.8. The van der Waals surface area contributed by atoms with Gasteiger partial charge in [0.05, 0.1) is 16.8 Å². The quantitative estimate of drug-likeness (QED) is 0.575. The molecule has 170 valence electrons. The summed E-state index contributed by atoms with van der Waals surface area (Å²) < 4.78 is 79.4. The number of alkyl halides is 6. The Morgan fingerprint density at radius 3 is 2.16 bits per heavy atom. The van der Waals surface area contributed by atoms with E-state index >= 15 is 0 Å². The molecule has 3 rings (SSSR count). The van der Waals surface area contributed by atoms with Crippen molar-refractivity contribution in [3.8, 4) is 5.95 Å². The monoisotopic (exact) mass is 459 g/mol. The van der Waals surface area contributed by atoms with Crippen LogP contribution in [0.4, 0.5) is 32.2 Å². The van der Waals surface area contributed by atoms with E-state index in [4.69, 9.17) is 0 Å². The van der Waals surface area contributed by atoms with Crippen molar-refractivity contribution in [3.63, 3.8) is 0 Å². The average molecular weight is 459 g/mol. The number of halogens is 6. The van der Waals surface area contributed by atoms with Gasteiger partial charge in [0.2, 0.25) is 5.95 Å². The van der Waals surface area contributed by atoms with Gasteiger partial charge in [-0.2, -0.15) is 36.1 Å². The molecule has 0 bridgehead atoms. The Kier molecular flexibility index (Phi) is 5.85. The van der Waals surface area contributed by atoms with E-state index in [1.54, 1.807) is 6.92 Å². The fraction of sp³-hybridized carbons (Fsp3) is 0.263. The Morgan fingerprint density at radius 1 is 1.03 bits per heavy atom. The highest BCUT2D eigenvalue weighted by Gasteiger charge is 2.37. The molecule has 13 heteroatoms. The molecular formula is C19H15F6N5O2. The Hall–Kier alpha value is -3.64. The standard InChI is InChI=1S/C19H15F6N5O2/c1-3-13-8-15(31)28-17(26-13)30-14(4-9(2)29-30)27-16(32)10-5-11(18(20,21)22)7-12(6-10)19(23,24)25/h4-8H,3H2,1-2H3,(H,27,32)(H,26,28,31). The van der Waals surface area contributed by atoms with Crippen molar-refractivity contribution in [2.24, 2.45) is 0 Å². The lowest BCUT2D eigenvalue weighted by Gasteiger charge is -2.14. The fourth-order valence-electron chi connectivity index (χ4n) is 2.80. The van der Waals surface area contributed by atoms with E-state index in [1.807, 2.05) is 0 Å². The van der Waals surface area contributed by atoms with Gasteiger partial charge in [0, 0.05) is 23.4 Å². The van der Waals surface area contributed by atoms with Crippen LogP contribution in [0.2, 0.25) is 0 Å². The molecule has 3 aromatic rings. The average Bonchev–Trinajstić information content (AvgIpc) is 3.05. The summed E-state index contributed by atoms with van der Waals surface area (Å²) in [6.07, 6.45) is -9.79. The topological polar surface area (TPSA) is 92.7 Å². The van der Waals surface area contributed by atoms with E-state index in [9.17, 15) is 35.9 Å². The van der Waals surface area contributed by atoms with Crippen molar-refractivity contribution in [1.82, 2.24) is 19.7 Å². The summed E-state index contributed by atoms with van der Waals surface area (Å²) in [6, 6.07) is 3.12. The highest BCUT2D eigenvalue weighted by atomic mass is 19.4. The summed E-state index contributed by atoms with van der Waals surface area (Å²) >= 11 is 0. The van der Waals surface area contributed by atoms with Crippen molar-refractivity contribution in [2.45, 2.75) is 32.6 Å². The maximum Gasteiger partial charge on any atom is 0.416 e. The molecule has 0 saturated carbocycles. The van der Waals surface area contributed by atoms with Crippen LogP contribution in [-0.2, 0) is 18.8 Å². The molecule has 0 aliphatic heterocycles. The highest BCUT2D eigenvalue weighted by molar-refractivity contribution is 6.04. The molecule has 0 fully saturated rings. The Bertz CT molecular complexity index is 1190. The molecule has 2 heterocycles. The smallest absolute Gasteiger partial charge is 0.306 e. The van der Waals surface area contributed by atoms with Crippen LogP contribution in [0.15, 0.2) is 35.1 Å². The van der Waals surface area contributed by atoms with Crippen LogP contribution in [0.1, 0.15) is 39.8 Å². The van der Waals surface area contributed by atoms with E-state index in [0.29, 0.717) is 29.9 Å². The van der Waals surface area contributed by atoms with E-state index in [1.165, 1.54) is 19.1 Å². The van der Waals surface area contributed by atoms with Crippen LogP contribution in [0.5, 0.6) is 0 Å². The lowest BCUT2D eigenvalue weighted by atomic mass is 10.0. The molecule has 32 heavy (non-hydrogen) atoms. The number of H-pyrrole nitrogens is 1. The molecule has 0 aliphatic rings. The minimum atomic E-state index is -5.10. The van der Waals surface area contributed by atoms with Gasteiger partial charge in [-0.15, -0.1) is 0 Å². The van der Waals surface area contributed by atoms with Crippen molar-refractivity contribution in [2.75, 3.05) is 5.32 Å². The summed E-state index contributed by atoms with van der Waals surface area (Å²) in [7, 11) is 0. The molecule has 0 unspecified atom stereocenters. The summed E-state index contributed by atoms with van der Waals surface area (Å²) in [5.41, 5.74) is -3.87. The number of amides is 1. The second kappa shape index (κ2) is 8.13. The third kappa shape index (κ3) is 4.98. The predicted molar refractivity (Wildman–Crippen MR) is 100 cm³/mol. The van der Waals surface area contributed by atoms with Crippen molar-refractivity contribution >= 4 is 11.7 Å². The Balaban J connectivity index is 2.04. The fourth-order valence-corrected chi connectivity index (χ4v) is 2.80. The van der Waals surface area contributed by atoms with Crippen molar-refractivity contribution in [1.29, 1.82) is 0 Å². The van der Waals surface area contributed by atoms with Crippen LogP contribution in [0, 0.1) is 6.92 Å². The largest absolute Gasteiger partial charge is 0.416 e. The van der Waals surface area contributed by atoms with Gasteiger partial charge in [0.25, 0.3) is 11.5 Å². The van der Waals surface area contributed by atoms with E-state index in [-0.39, 0.29) is 17.8 Å². The summed E-state index contributed by atoms with van der Waals surface area (Å²) in [5, 5.41) is 6.29. The lowest BCUT2D eigenvalue weighted by Crippen LogP contribution is -2.20. The van der Waals surface area contributed by atoms with Crippen molar-refractivity contribution in [3.05, 3.63) is 68.8 Å². The molecular weight excluding hydrogens is 444 g/mol. The minimum absolute atomic E-state index is 0.0733. The highest BCUT2D eigenvalue weighted by Crippen LogP contribution is 2.36. The van der Waals surface area contributed by atoms with Crippen LogP contribution in [-0.4, -0.2) is 25.7 Å². The molecule has 1 amide bonds. The SMILES string of the molecule is CCc1cc(=O)[nH]c(-n2nc(C)cc2NC(=O)c2cc(C(F)(F)F)cc(C(F)(F)F)c2)n1. The van der Waals surface area contributed by atoms with Crippen LogP contribution < -0.4 is 10.9 Å². The number of nitrogens with one attached hydrogen (secondary N) is 2. The van der Waals surface area contributed by atoms with Gasteiger partial charge in [-0.3, -0.25) is 14.6 Å². The molecule has 0 atom stereocenters. The first kappa shape index (κ1) is 23.0. The maximum atomic E-state index is 13.1. The van der Waals surface area contributed by atoms with Gasteiger partial charge in [-0.05, 0) is 31.5 Å². The molecule has 1 aromatic carbocycles. The van der Waals surface area contributed by atoms with E-state index < -0.39 is 40.5 Å². The van der Waals surface area contributed by atoms with Gasteiger partial charge in [-0.1, -0.05) is 6.92 Å². The Morgan fingerprint density at radius 2 is 1.62 bits per heavy atom. The van der Waals surface area contributed by atoms with Gasteiger partial charge in [0.1, 0.15) is 5.82 Å². The summed E-state index contributed by atoms with van der Waals surface area (Å²) in [5.74, 6) is -1.44. The van der Waals surface area contributed by atoms with E-state index in [2.05, 4.69) is 20.4 Å². The predicted octanol–water partition coefficient (Wildman–Crippen LogP) is 4.12. The van der Waals surface area contributed by atoms with Gasteiger partial charge >= 0.3 is 12.4 Å². The first-order valence-electron chi connectivity index (χ1n) is 9.06. The summed E-state index contributed by atoms with van der Waals surface area (Å²) in [4.78, 5) is 31.0. The van der Waals surface area contributed by atoms with Gasteiger partial charge < -0.3 is 5.32 Å². The number of aromatic amines is 1. The molecule has 0 spiro atoms. The van der Waals surface area contributed by atoms with Crippen molar-refractivity contribution < 1.29 is 31.1 Å². The number of aryl methyl sites for hydroxylation is 2. The Labute approximate surface area is 176 Å². The van der Waals surface area contributed by atoms with E-state index in [0.717, 1.165) is 4.68 Å². The third-order valence-electron chi connectivity index (χ3n) is 4.27. The lowest BCUT2D eigenvalue weighted by molar-refractivity contribution is -0.143. The van der Waals surface area contributed by atoms with Crippen LogP contribution >= 0.6 is 0 Å². The number of carbonyl (C=O) groups is 1. The van der Waals surface area contributed by atoms with Crippen LogP contribution in [0.3, 0.4) is 0 Å². The summed E-state index contributed by atoms with van der Waals surface area (Å²) in [6.45, 7) is 3.27. The van der Waals surface area contributed by atoms with Gasteiger partial charge in [0.15, 0.2) is 0 Å². The second-order valence-electron chi connectivity index (χ2n) is 6.75. The number of hydrogen-bond acceptors (Lipinski definition) is 4. The maximum absolute atomic E-state index is 13.1. The second-order valence-corrected chi connectivity index (χ2v) is 6.75. The molecule has 2 N–H and O–H groups in total. The molecule has 7 nitrogen and oxygen atoms in total. The zero-order valence-electron chi connectivity index (χ0n) is 16.5. The number of nitrogens with zero attached hydrogens (tertiary/aromatic N) is 3. The molecule has 0 radical (unpaired) electrons. The number of benzene rings is 1. The first-order valence-corrected chi connectivity index (χ1v) is 9.06. The number of hydrogen-bond donors (Lipinski definition) is 2. The number of rotatable bonds is 4. The zero-order valence-corrected chi connectivity index (χ0v) is 16.5. The normalized spacial score (nSPS) is 12.1. The molecule has 2 aromatic heterocycles. The molecule has 0 saturated heterocycles. The first-order chi connectivity index (χ1) is 14.8. The third-order valence-corrected chi connectivity index (χ3v) is 4.27.